The minimum absolute atomic E-state index is 0.0631. The lowest BCUT2D eigenvalue weighted by molar-refractivity contribution is -0.384. The van der Waals surface area contributed by atoms with Gasteiger partial charge in [-0.05, 0) is 23.7 Å². The minimum atomic E-state index is -0.401. The molecule has 19 heavy (non-hydrogen) atoms. The highest BCUT2D eigenvalue weighted by molar-refractivity contribution is 7.99. The smallest absolute Gasteiger partial charge is 0.271 e. The molecule has 0 radical (unpaired) electrons. The molecule has 1 N–H and O–H groups in total. The molecule has 0 amide bonds. The number of benzene rings is 1. The van der Waals surface area contributed by atoms with E-state index in [9.17, 15) is 10.1 Å². The van der Waals surface area contributed by atoms with Crippen molar-refractivity contribution >= 4 is 34.7 Å². The zero-order valence-corrected chi connectivity index (χ0v) is 12.6. The third-order valence-corrected chi connectivity index (χ3v) is 5.00. The number of nitrogens with zero attached hydrogens (tertiary/aromatic N) is 1. The van der Waals surface area contributed by atoms with Crippen molar-refractivity contribution in [3.8, 4) is 0 Å². The molecule has 0 bridgehead atoms. The van der Waals surface area contributed by atoms with E-state index < -0.39 is 4.92 Å². The average molecular weight is 301 g/mol. The predicted molar refractivity (Wildman–Crippen MR) is 81.2 cm³/mol. The number of hydrogen-bond donors (Lipinski definition) is 1. The molecule has 0 spiro atoms. The first-order valence-electron chi connectivity index (χ1n) is 6.18. The van der Waals surface area contributed by atoms with E-state index in [1.54, 1.807) is 6.07 Å². The third kappa shape index (κ3) is 3.34. The van der Waals surface area contributed by atoms with Crippen molar-refractivity contribution in [3.63, 3.8) is 0 Å². The van der Waals surface area contributed by atoms with Crippen molar-refractivity contribution in [2.75, 3.05) is 16.8 Å². The highest BCUT2D eigenvalue weighted by Gasteiger charge is 2.33. The van der Waals surface area contributed by atoms with Crippen LogP contribution in [0.3, 0.4) is 0 Å². The first-order valence-corrected chi connectivity index (χ1v) is 7.71. The van der Waals surface area contributed by atoms with Crippen LogP contribution in [0, 0.1) is 15.5 Å². The number of hydrogen-bond acceptors (Lipinski definition) is 4. The van der Waals surface area contributed by atoms with Gasteiger partial charge in [0.25, 0.3) is 5.69 Å². The molecule has 1 aliphatic heterocycles. The minimum Gasteiger partial charge on any atom is -0.380 e. The van der Waals surface area contributed by atoms with Gasteiger partial charge in [0.15, 0.2) is 0 Å². The van der Waals surface area contributed by atoms with Crippen LogP contribution in [-0.2, 0) is 0 Å². The van der Waals surface area contributed by atoms with Crippen molar-refractivity contribution < 1.29 is 4.92 Å². The number of anilines is 1. The monoisotopic (exact) mass is 300 g/mol. The van der Waals surface area contributed by atoms with E-state index >= 15 is 0 Å². The van der Waals surface area contributed by atoms with E-state index in [-0.39, 0.29) is 17.1 Å². The van der Waals surface area contributed by atoms with Crippen LogP contribution in [0.5, 0.6) is 0 Å². The van der Waals surface area contributed by atoms with Gasteiger partial charge in [0.2, 0.25) is 0 Å². The molecule has 0 aromatic heterocycles. The number of halogens is 1. The summed E-state index contributed by atoms with van der Waals surface area (Å²) >= 11 is 8.02. The van der Waals surface area contributed by atoms with Crippen LogP contribution in [0.4, 0.5) is 11.4 Å². The number of non-ortho nitro benzene ring substituents is 1. The Kier molecular flexibility index (Phi) is 4.26. The maximum atomic E-state index is 10.8. The van der Waals surface area contributed by atoms with E-state index in [4.69, 9.17) is 11.6 Å². The van der Waals surface area contributed by atoms with E-state index in [0.29, 0.717) is 10.7 Å². The fraction of sp³-hybridized carbons (Fsp3) is 0.538. The number of nitro benzene ring substituents is 1. The van der Waals surface area contributed by atoms with Gasteiger partial charge in [0.05, 0.1) is 15.6 Å². The largest absolute Gasteiger partial charge is 0.380 e. The molecule has 0 aliphatic carbocycles. The quantitative estimate of drug-likeness (QED) is 0.671. The summed E-state index contributed by atoms with van der Waals surface area (Å²) in [6, 6.07) is 4.78. The summed E-state index contributed by atoms with van der Waals surface area (Å²) in [7, 11) is 0. The Balaban J connectivity index is 2.22. The summed E-state index contributed by atoms with van der Waals surface area (Å²) in [4.78, 5) is 10.4. The van der Waals surface area contributed by atoms with Crippen LogP contribution in [0.15, 0.2) is 18.2 Å². The summed E-state index contributed by atoms with van der Waals surface area (Å²) in [5.41, 5.74) is 0.878. The van der Waals surface area contributed by atoms with Crippen molar-refractivity contribution in [3.05, 3.63) is 33.3 Å². The molecule has 1 fully saturated rings. The van der Waals surface area contributed by atoms with Gasteiger partial charge in [-0.3, -0.25) is 10.1 Å². The maximum absolute atomic E-state index is 10.8. The molecular formula is C13H17ClN2O2S. The van der Waals surface area contributed by atoms with Crippen LogP contribution in [0.25, 0.3) is 0 Å². The Bertz CT molecular complexity index is 494. The first kappa shape index (κ1) is 14.5. The Labute approximate surface area is 122 Å². The van der Waals surface area contributed by atoms with Gasteiger partial charge < -0.3 is 5.32 Å². The Morgan fingerprint density at radius 3 is 2.89 bits per heavy atom. The Hall–Kier alpha value is -0.940. The normalized spacial score (nSPS) is 21.9. The van der Waals surface area contributed by atoms with Gasteiger partial charge in [-0.15, -0.1) is 0 Å². The summed E-state index contributed by atoms with van der Waals surface area (Å²) in [5, 5.41) is 14.7. The number of nitrogens with one attached hydrogen (secondary N) is 1. The van der Waals surface area contributed by atoms with E-state index in [2.05, 4.69) is 19.2 Å². The van der Waals surface area contributed by atoms with Gasteiger partial charge in [0.1, 0.15) is 0 Å². The van der Waals surface area contributed by atoms with E-state index in [1.807, 2.05) is 11.8 Å². The zero-order chi connectivity index (χ0) is 14.0. The number of rotatable bonds is 3. The van der Waals surface area contributed by atoms with Gasteiger partial charge in [-0.2, -0.15) is 11.8 Å². The third-order valence-electron chi connectivity index (χ3n) is 3.61. The second-order valence-corrected chi connectivity index (χ2v) is 6.99. The maximum Gasteiger partial charge on any atom is 0.271 e. The van der Waals surface area contributed by atoms with Crippen LogP contribution in [-0.4, -0.2) is 22.5 Å². The van der Waals surface area contributed by atoms with Gasteiger partial charge in [-0.1, -0.05) is 25.4 Å². The molecule has 1 aromatic rings. The SMILES string of the molecule is CC1(C)CCSCC1Nc1cc([N+](=O)[O-])ccc1Cl. The first-order chi connectivity index (χ1) is 8.90. The topological polar surface area (TPSA) is 55.2 Å². The fourth-order valence-corrected chi connectivity index (χ4v) is 3.88. The van der Waals surface area contributed by atoms with Crippen molar-refractivity contribution in [1.29, 1.82) is 0 Å². The van der Waals surface area contributed by atoms with Crippen LogP contribution in [0.2, 0.25) is 5.02 Å². The lowest BCUT2D eigenvalue weighted by Gasteiger charge is -2.39. The number of thioether (sulfide) groups is 1. The fourth-order valence-electron chi connectivity index (χ4n) is 2.10. The highest BCUT2D eigenvalue weighted by atomic mass is 35.5. The molecule has 4 nitrogen and oxygen atoms in total. The van der Waals surface area contributed by atoms with E-state index in [0.717, 1.165) is 17.9 Å². The average Bonchev–Trinajstić information content (AvgIpc) is 2.34. The summed E-state index contributed by atoms with van der Waals surface area (Å²) in [6.07, 6.45) is 1.13. The molecule has 0 saturated carbocycles. The molecule has 1 heterocycles. The molecule has 104 valence electrons. The van der Waals surface area contributed by atoms with Crippen molar-refractivity contribution in [1.82, 2.24) is 0 Å². The van der Waals surface area contributed by atoms with Crippen LogP contribution < -0.4 is 5.32 Å². The lowest BCUT2D eigenvalue weighted by Crippen LogP contribution is -2.41. The molecule has 1 aromatic carbocycles. The highest BCUT2D eigenvalue weighted by Crippen LogP contribution is 2.37. The molecule has 2 rings (SSSR count). The van der Waals surface area contributed by atoms with Gasteiger partial charge in [0, 0.05) is 23.9 Å². The Morgan fingerprint density at radius 2 is 2.26 bits per heavy atom. The molecule has 1 atom stereocenters. The Morgan fingerprint density at radius 1 is 1.53 bits per heavy atom. The molecule has 6 heteroatoms. The van der Waals surface area contributed by atoms with Crippen molar-refractivity contribution in [2.45, 2.75) is 26.3 Å². The molecule has 1 aliphatic rings. The summed E-state index contributed by atoms with van der Waals surface area (Å²) < 4.78 is 0. The molecular weight excluding hydrogens is 284 g/mol. The van der Waals surface area contributed by atoms with E-state index in [1.165, 1.54) is 12.1 Å². The lowest BCUT2D eigenvalue weighted by atomic mass is 9.82. The summed E-state index contributed by atoms with van der Waals surface area (Å²) in [6.45, 7) is 4.44. The van der Waals surface area contributed by atoms with Crippen LogP contribution in [0.1, 0.15) is 20.3 Å². The predicted octanol–water partition coefficient (Wildman–Crippen LogP) is 4.19. The zero-order valence-electron chi connectivity index (χ0n) is 11.0. The number of nitro groups is 1. The van der Waals surface area contributed by atoms with Crippen LogP contribution >= 0.6 is 23.4 Å². The molecule has 1 saturated heterocycles. The van der Waals surface area contributed by atoms with Gasteiger partial charge >= 0.3 is 0 Å². The summed E-state index contributed by atoms with van der Waals surface area (Å²) in [5.74, 6) is 2.15. The van der Waals surface area contributed by atoms with Crippen molar-refractivity contribution in [2.24, 2.45) is 5.41 Å². The second kappa shape index (κ2) is 5.59. The van der Waals surface area contributed by atoms with Gasteiger partial charge in [-0.25, -0.2) is 0 Å². The standard InChI is InChI=1S/C13H17ClN2O2S/c1-13(2)5-6-19-8-12(13)15-11-7-9(16(17)18)3-4-10(11)14/h3-4,7,12,15H,5-6,8H2,1-2H3. The second-order valence-electron chi connectivity index (χ2n) is 5.43. The molecule has 1 unspecified atom stereocenters.